The summed E-state index contributed by atoms with van der Waals surface area (Å²) in [5.74, 6) is 1.03. The van der Waals surface area contributed by atoms with E-state index in [0.717, 1.165) is 18.4 Å². The Morgan fingerprint density at radius 3 is 2.54 bits per heavy atom. The SMILES string of the molecule is COc1ccc(C(=O)Nc2nnc(-c3ccc4c(c3)CCCC4)o2)cc1OC. The van der Waals surface area contributed by atoms with Crippen LogP contribution in [0.4, 0.5) is 6.01 Å². The van der Waals surface area contributed by atoms with Gasteiger partial charge in [0.25, 0.3) is 5.91 Å². The van der Waals surface area contributed by atoms with Crippen LogP contribution in [0.15, 0.2) is 40.8 Å². The zero-order valence-electron chi connectivity index (χ0n) is 15.8. The molecule has 1 amide bonds. The molecule has 0 atom stereocenters. The topological polar surface area (TPSA) is 86.5 Å². The predicted molar refractivity (Wildman–Crippen MR) is 104 cm³/mol. The molecule has 1 heterocycles. The van der Waals surface area contributed by atoms with E-state index in [1.54, 1.807) is 18.2 Å². The van der Waals surface area contributed by atoms with Gasteiger partial charge in [0.1, 0.15) is 0 Å². The molecule has 1 aromatic heterocycles. The van der Waals surface area contributed by atoms with Crippen LogP contribution in [0, 0.1) is 0 Å². The first-order valence-electron chi connectivity index (χ1n) is 9.17. The van der Waals surface area contributed by atoms with E-state index in [-0.39, 0.29) is 11.9 Å². The molecule has 0 bridgehead atoms. The summed E-state index contributed by atoms with van der Waals surface area (Å²) in [5, 5.41) is 10.6. The summed E-state index contributed by atoms with van der Waals surface area (Å²) >= 11 is 0. The maximum atomic E-state index is 12.5. The van der Waals surface area contributed by atoms with Crippen molar-refractivity contribution < 1.29 is 18.7 Å². The monoisotopic (exact) mass is 379 g/mol. The van der Waals surface area contributed by atoms with Gasteiger partial charge >= 0.3 is 6.01 Å². The number of carbonyl (C=O) groups is 1. The molecule has 7 nitrogen and oxygen atoms in total. The van der Waals surface area contributed by atoms with Crippen LogP contribution in [0.3, 0.4) is 0 Å². The Hall–Kier alpha value is -3.35. The number of hydrogen-bond donors (Lipinski definition) is 1. The van der Waals surface area contributed by atoms with E-state index in [4.69, 9.17) is 13.9 Å². The molecule has 1 N–H and O–H groups in total. The molecule has 28 heavy (non-hydrogen) atoms. The average molecular weight is 379 g/mol. The van der Waals surface area contributed by atoms with Crippen molar-refractivity contribution in [3.05, 3.63) is 53.1 Å². The number of benzene rings is 2. The highest BCUT2D eigenvalue weighted by Gasteiger charge is 2.16. The van der Waals surface area contributed by atoms with Gasteiger partial charge in [-0.3, -0.25) is 10.1 Å². The number of aromatic nitrogens is 2. The Labute approximate surface area is 162 Å². The van der Waals surface area contributed by atoms with Gasteiger partial charge < -0.3 is 13.9 Å². The molecule has 3 aromatic rings. The lowest BCUT2D eigenvalue weighted by Crippen LogP contribution is -2.12. The first-order valence-corrected chi connectivity index (χ1v) is 9.17. The molecule has 1 aliphatic carbocycles. The second kappa shape index (κ2) is 7.72. The van der Waals surface area contributed by atoms with Gasteiger partial charge in [-0.25, -0.2) is 0 Å². The van der Waals surface area contributed by atoms with Gasteiger partial charge in [-0.15, -0.1) is 5.10 Å². The Kier molecular flexibility index (Phi) is 4.97. The molecule has 0 radical (unpaired) electrons. The van der Waals surface area contributed by atoms with Crippen LogP contribution in [0.25, 0.3) is 11.5 Å². The Morgan fingerprint density at radius 2 is 1.75 bits per heavy atom. The fourth-order valence-corrected chi connectivity index (χ4v) is 3.40. The molecule has 0 saturated carbocycles. The van der Waals surface area contributed by atoms with E-state index in [9.17, 15) is 4.79 Å². The lowest BCUT2D eigenvalue weighted by Gasteiger charge is -2.15. The molecule has 0 aliphatic heterocycles. The molecule has 1 aliphatic rings. The summed E-state index contributed by atoms with van der Waals surface area (Å²) in [5.41, 5.74) is 3.97. The van der Waals surface area contributed by atoms with Crippen molar-refractivity contribution in [3.8, 4) is 23.0 Å². The molecular formula is C21H21N3O4. The van der Waals surface area contributed by atoms with Gasteiger partial charge in [0.05, 0.1) is 14.2 Å². The van der Waals surface area contributed by atoms with Crippen molar-refractivity contribution in [2.24, 2.45) is 0 Å². The number of anilines is 1. The summed E-state index contributed by atoms with van der Waals surface area (Å²) < 4.78 is 16.1. The fraction of sp³-hybridized carbons (Fsp3) is 0.286. The second-order valence-corrected chi connectivity index (χ2v) is 6.63. The maximum Gasteiger partial charge on any atom is 0.322 e. The van der Waals surface area contributed by atoms with Crippen LogP contribution in [-0.2, 0) is 12.8 Å². The molecular weight excluding hydrogens is 358 g/mol. The molecule has 144 valence electrons. The first kappa shape index (κ1) is 18.0. The van der Waals surface area contributed by atoms with E-state index in [0.29, 0.717) is 23.0 Å². The summed E-state index contributed by atoms with van der Waals surface area (Å²) in [6, 6.07) is 11.1. The number of ether oxygens (including phenoxy) is 2. The molecule has 0 spiro atoms. The predicted octanol–water partition coefficient (Wildman–Crippen LogP) is 3.88. The number of nitrogens with one attached hydrogen (secondary N) is 1. The van der Waals surface area contributed by atoms with Gasteiger partial charge in [-0.1, -0.05) is 11.2 Å². The van der Waals surface area contributed by atoms with Gasteiger partial charge in [0, 0.05) is 11.1 Å². The quantitative estimate of drug-likeness (QED) is 0.724. The third-order valence-corrected chi connectivity index (χ3v) is 4.89. The van der Waals surface area contributed by atoms with Crippen LogP contribution in [0.2, 0.25) is 0 Å². The van der Waals surface area contributed by atoms with Crippen LogP contribution < -0.4 is 14.8 Å². The highest BCUT2D eigenvalue weighted by molar-refractivity contribution is 6.03. The van der Waals surface area contributed by atoms with E-state index < -0.39 is 0 Å². The maximum absolute atomic E-state index is 12.5. The van der Waals surface area contributed by atoms with Gasteiger partial charge in [-0.2, -0.15) is 0 Å². The van der Waals surface area contributed by atoms with Crippen molar-refractivity contribution in [3.63, 3.8) is 0 Å². The highest BCUT2D eigenvalue weighted by Crippen LogP contribution is 2.29. The number of rotatable bonds is 5. The smallest absolute Gasteiger partial charge is 0.322 e. The normalized spacial score (nSPS) is 12.9. The van der Waals surface area contributed by atoms with Crippen LogP contribution >= 0.6 is 0 Å². The molecule has 0 unspecified atom stereocenters. The molecule has 0 saturated heterocycles. The fourth-order valence-electron chi connectivity index (χ4n) is 3.40. The number of hydrogen-bond acceptors (Lipinski definition) is 6. The second-order valence-electron chi connectivity index (χ2n) is 6.63. The molecule has 0 fully saturated rings. The Bertz CT molecular complexity index is 1010. The highest BCUT2D eigenvalue weighted by atomic mass is 16.5. The van der Waals surface area contributed by atoms with Crippen molar-refractivity contribution in [1.29, 1.82) is 0 Å². The van der Waals surface area contributed by atoms with Crippen LogP contribution in [-0.4, -0.2) is 30.3 Å². The summed E-state index contributed by atoms with van der Waals surface area (Å²) in [6.07, 6.45) is 4.62. The number of carbonyl (C=O) groups excluding carboxylic acids is 1. The number of fused-ring (bicyclic) bond motifs is 1. The van der Waals surface area contributed by atoms with Gasteiger partial charge in [0.2, 0.25) is 5.89 Å². The zero-order valence-corrected chi connectivity index (χ0v) is 15.8. The number of methoxy groups -OCH3 is 2. The minimum absolute atomic E-state index is 0.0486. The Morgan fingerprint density at radius 1 is 0.964 bits per heavy atom. The number of amides is 1. The molecule has 7 heteroatoms. The van der Waals surface area contributed by atoms with E-state index in [1.807, 2.05) is 6.07 Å². The third kappa shape index (κ3) is 3.55. The molecule has 2 aromatic carbocycles. The molecule has 4 rings (SSSR count). The zero-order chi connectivity index (χ0) is 19.5. The minimum atomic E-state index is -0.374. The van der Waals surface area contributed by atoms with Crippen molar-refractivity contribution in [2.75, 3.05) is 19.5 Å². The minimum Gasteiger partial charge on any atom is -0.493 e. The first-order chi connectivity index (χ1) is 13.7. The summed E-state index contributed by atoms with van der Waals surface area (Å²) in [4.78, 5) is 12.5. The van der Waals surface area contributed by atoms with Gasteiger partial charge in [0.15, 0.2) is 11.5 Å². The van der Waals surface area contributed by atoms with Gasteiger partial charge in [-0.05, 0) is 67.1 Å². The van der Waals surface area contributed by atoms with Crippen LogP contribution in [0.1, 0.15) is 34.3 Å². The van der Waals surface area contributed by atoms with E-state index in [1.165, 1.54) is 38.2 Å². The van der Waals surface area contributed by atoms with Crippen molar-refractivity contribution in [2.45, 2.75) is 25.7 Å². The average Bonchev–Trinajstić information content (AvgIpc) is 3.21. The lowest BCUT2D eigenvalue weighted by molar-refractivity contribution is 0.102. The Balaban J connectivity index is 1.51. The third-order valence-electron chi connectivity index (χ3n) is 4.89. The lowest BCUT2D eigenvalue weighted by atomic mass is 9.90. The van der Waals surface area contributed by atoms with E-state index >= 15 is 0 Å². The standard InChI is InChI=1S/C21H21N3O4/c1-26-17-10-9-15(12-18(17)27-2)19(25)22-21-24-23-20(28-21)16-8-7-13-5-3-4-6-14(13)11-16/h7-12H,3-6H2,1-2H3,(H,22,24,25). The number of nitrogens with zero attached hydrogens (tertiary/aromatic N) is 2. The van der Waals surface area contributed by atoms with Crippen molar-refractivity contribution >= 4 is 11.9 Å². The van der Waals surface area contributed by atoms with E-state index in [2.05, 4.69) is 27.6 Å². The largest absolute Gasteiger partial charge is 0.493 e. The van der Waals surface area contributed by atoms with Crippen LogP contribution in [0.5, 0.6) is 11.5 Å². The summed E-state index contributed by atoms with van der Waals surface area (Å²) in [6.45, 7) is 0. The van der Waals surface area contributed by atoms with Crippen molar-refractivity contribution in [1.82, 2.24) is 10.2 Å². The number of aryl methyl sites for hydroxylation is 2. The summed E-state index contributed by atoms with van der Waals surface area (Å²) in [7, 11) is 3.06.